The van der Waals surface area contributed by atoms with Crippen LogP contribution in [0.2, 0.25) is 0 Å². The lowest BCUT2D eigenvalue weighted by molar-refractivity contribution is 0.145. The fourth-order valence-electron chi connectivity index (χ4n) is 3.68. The lowest BCUT2D eigenvalue weighted by Crippen LogP contribution is -2.20. The average molecular weight is 510 g/mol. The van der Waals surface area contributed by atoms with Crippen LogP contribution in [-0.2, 0) is 27.7 Å². The summed E-state index contributed by atoms with van der Waals surface area (Å²) >= 11 is 0. The van der Waals surface area contributed by atoms with Crippen molar-refractivity contribution in [3.8, 4) is 17.0 Å². The van der Waals surface area contributed by atoms with Gasteiger partial charge < -0.3 is 14.8 Å². The summed E-state index contributed by atoms with van der Waals surface area (Å²) in [7, 11) is -1.09. The second kappa shape index (κ2) is 12.1. The molecule has 9 nitrogen and oxygen atoms in total. The van der Waals surface area contributed by atoms with Crippen molar-refractivity contribution in [2.45, 2.75) is 20.1 Å². The third-order valence-electron chi connectivity index (χ3n) is 5.66. The molecule has 10 heteroatoms. The first-order chi connectivity index (χ1) is 17.4. The minimum absolute atomic E-state index is 0.0150. The number of sulfone groups is 1. The molecule has 6 bridgehead atoms. The molecule has 0 unspecified atom stereocenters. The normalized spacial score (nSPS) is 15.8. The summed E-state index contributed by atoms with van der Waals surface area (Å²) in [6, 6.07) is 11.4. The summed E-state index contributed by atoms with van der Waals surface area (Å²) in [5.74, 6) is 1.21. The molecule has 3 heterocycles. The zero-order valence-corrected chi connectivity index (χ0v) is 21.4. The number of rotatable bonds is 5. The number of pyridine rings is 1. The molecule has 0 saturated carbocycles. The highest BCUT2D eigenvalue weighted by Gasteiger charge is 2.13. The van der Waals surface area contributed by atoms with Crippen LogP contribution in [0.1, 0.15) is 18.2 Å². The Morgan fingerprint density at radius 3 is 2.83 bits per heavy atom. The van der Waals surface area contributed by atoms with E-state index in [0.29, 0.717) is 38.0 Å². The Labute approximate surface area is 212 Å². The molecule has 3 aromatic rings. The van der Waals surface area contributed by atoms with Gasteiger partial charge in [0.2, 0.25) is 5.95 Å². The minimum Gasteiger partial charge on any atom is -0.492 e. The summed E-state index contributed by atoms with van der Waals surface area (Å²) in [5, 5.41) is 3.28. The number of fused-ring (bicyclic) bond motifs is 7. The van der Waals surface area contributed by atoms with Crippen LogP contribution in [0.15, 0.2) is 60.9 Å². The van der Waals surface area contributed by atoms with Gasteiger partial charge in [-0.1, -0.05) is 19.1 Å². The van der Waals surface area contributed by atoms with Crippen LogP contribution in [0, 0.1) is 0 Å². The average Bonchev–Trinajstić information content (AvgIpc) is 2.87. The van der Waals surface area contributed by atoms with Crippen molar-refractivity contribution in [1.82, 2.24) is 19.9 Å². The number of ether oxygens (including phenoxy) is 2. The molecular weight excluding hydrogens is 478 g/mol. The molecule has 36 heavy (non-hydrogen) atoms. The van der Waals surface area contributed by atoms with Crippen molar-refractivity contribution in [2.75, 3.05) is 43.6 Å². The van der Waals surface area contributed by atoms with Gasteiger partial charge in [0.1, 0.15) is 12.4 Å². The van der Waals surface area contributed by atoms with Crippen molar-refractivity contribution >= 4 is 21.5 Å². The largest absolute Gasteiger partial charge is 0.492 e. The van der Waals surface area contributed by atoms with Crippen LogP contribution in [0.3, 0.4) is 0 Å². The van der Waals surface area contributed by atoms with Gasteiger partial charge in [0.05, 0.1) is 30.4 Å². The summed E-state index contributed by atoms with van der Waals surface area (Å²) < 4.78 is 35.4. The van der Waals surface area contributed by atoms with E-state index in [1.807, 2.05) is 49.5 Å². The smallest absolute Gasteiger partial charge is 0.227 e. The lowest BCUT2D eigenvalue weighted by atomic mass is 10.1. The van der Waals surface area contributed by atoms with Crippen molar-refractivity contribution in [2.24, 2.45) is 0 Å². The maximum Gasteiger partial charge on any atom is 0.227 e. The lowest BCUT2D eigenvalue weighted by Gasteiger charge is -2.19. The molecule has 1 aliphatic rings. The Morgan fingerprint density at radius 1 is 1.11 bits per heavy atom. The van der Waals surface area contributed by atoms with E-state index in [4.69, 9.17) is 9.47 Å². The number of aromatic nitrogens is 3. The number of hydrogen-bond acceptors (Lipinski definition) is 9. The number of nitrogens with one attached hydrogen (secondary N) is 1. The quantitative estimate of drug-likeness (QED) is 0.516. The van der Waals surface area contributed by atoms with Gasteiger partial charge >= 0.3 is 0 Å². The van der Waals surface area contributed by atoms with Crippen molar-refractivity contribution in [3.05, 3.63) is 72.2 Å². The van der Waals surface area contributed by atoms with E-state index in [1.165, 1.54) is 0 Å². The van der Waals surface area contributed by atoms with Gasteiger partial charge in [-0.3, -0.25) is 9.88 Å². The molecule has 1 aromatic carbocycles. The van der Waals surface area contributed by atoms with E-state index < -0.39 is 9.84 Å². The van der Waals surface area contributed by atoms with Crippen LogP contribution < -0.4 is 10.1 Å². The molecule has 0 radical (unpaired) electrons. The number of benzene rings is 1. The second-order valence-electron chi connectivity index (χ2n) is 8.52. The summed E-state index contributed by atoms with van der Waals surface area (Å²) in [5.41, 5.74) is 4.27. The SMILES string of the molecule is CCS(=O)(=O)CCOc1ccc2cc1CN(C)C/C=C/COCc1cc(ccn1)-c1ccnc(n1)N2. The topological polar surface area (TPSA) is 107 Å². The van der Waals surface area contributed by atoms with Crippen molar-refractivity contribution < 1.29 is 17.9 Å². The summed E-state index contributed by atoms with van der Waals surface area (Å²) in [4.78, 5) is 15.6. The van der Waals surface area contributed by atoms with Gasteiger partial charge in [-0.2, -0.15) is 0 Å². The molecule has 0 amide bonds. The van der Waals surface area contributed by atoms with E-state index >= 15 is 0 Å². The molecule has 0 aliphatic carbocycles. The van der Waals surface area contributed by atoms with Gasteiger partial charge in [0.25, 0.3) is 0 Å². The molecule has 0 saturated heterocycles. The molecule has 2 aromatic heterocycles. The number of nitrogens with zero attached hydrogens (tertiary/aromatic N) is 4. The van der Waals surface area contributed by atoms with Crippen LogP contribution in [0.4, 0.5) is 11.6 Å². The highest BCUT2D eigenvalue weighted by molar-refractivity contribution is 7.91. The molecule has 1 aliphatic heterocycles. The maximum absolute atomic E-state index is 11.9. The monoisotopic (exact) mass is 509 g/mol. The minimum atomic E-state index is -3.10. The van der Waals surface area contributed by atoms with Crippen LogP contribution in [0.5, 0.6) is 5.75 Å². The fraction of sp³-hybridized carbons (Fsp3) is 0.346. The Balaban J connectivity index is 1.63. The Kier molecular flexibility index (Phi) is 8.63. The zero-order valence-electron chi connectivity index (χ0n) is 20.6. The molecule has 0 atom stereocenters. The van der Waals surface area contributed by atoms with Crippen molar-refractivity contribution in [1.29, 1.82) is 0 Å². The van der Waals surface area contributed by atoms with Crippen LogP contribution >= 0.6 is 0 Å². The first kappa shape index (κ1) is 25.7. The predicted molar refractivity (Wildman–Crippen MR) is 140 cm³/mol. The fourth-order valence-corrected chi connectivity index (χ4v) is 4.31. The first-order valence-corrected chi connectivity index (χ1v) is 13.7. The summed E-state index contributed by atoms with van der Waals surface area (Å²) in [6.45, 7) is 3.95. The molecule has 0 fully saturated rings. The second-order valence-corrected chi connectivity index (χ2v) is 11.0. The van der Waals surface area contributed by atoms with Gasteiger partial charge in [0, 0.05) is 48.1 Å². The third-order valence-corrected chi connectivity index (χ3v) is 7.33. The van der Waals surface area contributed by atoms with Crippen LogP contribution in [-0.4, -0.2) is 66.6 Å². The van der Waals surface area contributed by atoms with Gasteiger partial charge in [-0.15, -0.1) is 0 Å². The van der Waals surface area contributed by atoms with Crippen LogP contribution in [0.25, 0.3) is 11.3 Å². The van der Waals surface area contributed by atoms with E-state index in [9.17, 15) is 8.42 Å². The predicted octanol–water partition coefficient (Wildman–Crippen LogP) is 3.61. The highest BCUT2D eigenvalue weighted by atomic mass is 32.2. The highest BCUT2D eigenvalue weighted by Crippen LogP contribution is 2.27. The zero-order chi connectivity index (χ0) is 25.4. The van der Waals surface area contributed by atoms with Gasteiger partial charge in [-0.25, -0.2) is 18.4 Å². The Bertz CT molecular complexity index is 1310. The van der Waals surface area contributed by atoms with E-state index in [0.717, 1.165) is 28.2 Å². The first-order valence-electron chi connectivity index (χ1n) is 11.8. The third kappa shape index (κ3) is 7.33. The van der Waals surface area contributed by atoms with E-state index in [-0.39, 0.29) is 18.1 Å². The van der Waals surface area contributed by atoms with Gasteiger partial charge in [-0.05, 0) is 43.4 Å². The van der Waals surface area contributed by atoms with Gasteiger partial charge in [0.15, 0.2) is 9.84 Å². The molecule has 1 N–H and O–H groups in total. The number of hydrogen-bond donors (Lipinski definition) is 1. The van der Waals surface area contributed by atoms with E-state index in [1.54, 1.807) is 19.3 Å². The molecular formula is C26H31N5O4S. The molecule has 4 rings (SSSR count). The maximum atomic E-state index is 11.9. The number of anilines is 2. The van der Waals surface area contributed by atoms with Crippen molar-refractivity contribution in [3.63, 3.8) is 0 Å². The Hall–Kier alpha value is -3.34. The standard InChI is InChI=1S/C26H31N5O4S/c1-3-36(32,33)15-14-35-25-7-6-22-17-21(25)18-31(2)12-4-5-13-34-19-23-16-20(8-10-27-23)24-9-11-28-26(29-22)30-24/h4-11,16-17H,3,12-15,18-19H2,1-2H3,(H,28,29,30)/b5-4+. The molecule has 0 spiro atoms. The summed E-state index contributed by atoms with van der Waals surface area (Å²) in [6.07, 6.45) is 7.51. The van der Waals surface area contributed by atoms with E-state index in [2.05, 4.69) is 31.2 Å². The number of likely N-dealkylation sites (N-methyl/N-ethyl adjacent to an activating group) is 1. The molecule has 190 valence electrons. The Morgan fingerprint density at radius 2 is 1.97 bits per heavy atom.